The zero-order valence-corrected chi connectivity index (χ0v) is 11.6. The van der Waals surface area contributed by atoms with E-state index in [0.29, 0.717) is 18.4 Å². The average Bonchev–Trinajstić information content (AvgIpc) is 2.71. The Kier molecular flexibility index (Phi) is 5.01. The van der Waals surface area contributed by atoms with Crippen LogP contribution in [0.3, 0.4) is 0 Å². The maximum atomic E-state index is 12.0. The van der Waals surface area contributed by atoms with Gasteiger partial charge in [-0.1, -0.05) is 20.3 Å². The Morgan fingerprint density at radius 1 is 1.44 bits per heavy atom. The van der Waals surface area contributed by atoms with E-state index in [-0.39, 0.29) is 12.0 Å². The van der Waals surface area contributed by atoms with Gasteiger partial charge in [0.05, 0.1) is 19.1 Å². The summed E-state index contributed by atoms with van der Waals surface area (Å²) in [6, 6.07) is 0.374. The van der Waals surface area contributed by atoms with Crippen LogP contribution in [0, 0.1) is 11.8 Å². The fourth-order valence-corrected chi connectivity index (χ4v) is 3.25. The van der Waals surface area contributed by atoms with E-state index in [0.717, 1.165) is 32.0 Å². The molecule has 4 unspecified atom stereocenters. The van der Waals surface area contributed by atoms with Crippen LogP contribution in [-0.2, 0) is 9.53 Å². The molecule has 2 fully saturated rings. The smallest absolute Gasteiger partial charge is 0.222 e. The van der Waals surface area contributed by atoms with Gasteiger partial charge in [0.25, 0.3) is 0 Å². The zero-order valence-electron chi connectivity index (χ0n) is 11.6. The highest BCUT2D eigenvalue weighted by Crippen LogP contribution is 2.33. The molecule has 104 valence electrons. The molecular weight excluding hydrogens is 228 g/mol. The van der Waals surface area contributed by atoms with Crippen LogP contribution in [0.5, 0.6) is 0 Å². The lowest BCUT2D eigenvalue weighted by molar-refractivity contribution is -0.125. The molecule has 2 N–H and O–H groups in total. The number of ether oxygens (including phenoxy) is 1. The first kappa shape index (κ1) is 13.8. The molecule has 0 aromatic rings. The number of nitrogens with one attached hydrogen (secondary N) is 2. The molecule has 1 aliphatic heterocycles. The molecule has 0 spiro atoms. The maximum absolute atomic E-state index is 12.0. The van der Waals surface area contributed by atoms with Crippen LogP contribution in [-0.4, -0.2) is 37.7 Å². The molecule has 1 heterocycles. The molecule has 1 amide bonds. The summed E-state index contributed by atoms with van der Waals surface area (Å²) in [5.74, 6) is 1.55. The summed E-state index contributed by atoms with van der Waals surface area (Å²) in [6.07, 6.45) is 4.16. The van der Waals surface area contributed by atoms with E-state index >= 15 is 0 Å². The predicted octanol–water partition coefficient (Wildman–Crippen LogP) is 1.31. The van der Waals surface area contributed by atoms with E-state index in [9.17, 15) is 4.79 Å². The molecule has 0 aromatic heterocycles. The molecule has 1 aliphatic carbocycles. The van der Waals surface area contributed by atoms with Crippen molar-refractivity contribution in [2.24, 2.45) is 11.8 Å². The number of hydrogen-bond donors (Lipinski definition) is 2. The van der Waals surface area contributed by atoms with E-state index in [4.69, 9.17) is 4.74 Å². The van der Waals surface area contributed by atoms with Crippen molar-refractivity contribution in [2.75, 3.05) is 19.7 Å². The topological polar surface area (TPSA) is 50.4 Å². The predicted molar refractivity (Wildman–Crippen MR) is 71.3 cm³/mol. The van der Waals surface area contributed by atoms with Crippen molar-refractivity contribution in [3.05, 3.63) is 0 Å². The molecule has 1 saturated heterocycles. The number of rotatable bonds is 4. The third-order valence-electron chi connectivity index (χ3n) is 4.51. The second-order valence-electron chi connectivity index (χ2n) is 5.68. The Bertz CT molecular complexity index is 277. The molecule has 2 aliphatic rings. The first-order chi connectivity index (χ1) is 8.70. The molecule has 18 heavy (non-hydrogen) atoms. The van der Waals surface area contributed by atoms with Gasteiger partial charge in [0, 0.05) is 19.1 Å². The van der Waals surface area contributed by atoms with Gasteiger partial charge in [-0.3, -0.25) is 4.79 Å². The summed E-state index contributed by atoms with van der Waals surface area (Å²) >= 11 is 0. The molecule has 1 saturated carbocycles. The summed E-state index contributed by atoms with van der Waals surface area (Å²) in [5, 5.41) is 6.45. The van der Waals surface area contributed by atoms with Gasteiger partial charge in [0.1, 0.15) is 0 Å². The Morgan fingerprint density at radius 2 is 2.28 bits per heavy atom. The van der Waals surface area contributed by atoms with Crippen LogP contribution in [0.4, 0.5) is 0 Å². The SMILES string of the molecule is CCC1CCC(NC(=O)CC2CNCCO2)C1C. The van der Waals surface area contributed by atoms with E-state index in [1.165, 1.54) is 12.8 Å². The van der Waals surface area contributed by atoms with E-state index in [2.05, 4.69) is 24.5 Å². The minimum Gasteiger partial charge on any atom is -0.375 e. The lowest BCUT2D eigenvalue weighted by Crippen LogP contribution is -2.44. The lowest BCUT2D eigenvalue weighted by atomic mass is 9.93. The second kappa shape index (κ2) is 6.53. The Labute approximate surface area is 110 Å². The van der Waals surface area contributed by atoms with E-state index < -0.39 is 0 Å². The van der Waals surface area contributed by atoms with Crippen molar-refractivity contribution in [1.82, 2.24) is 10.6 Å². The van der Waals surface area contributed by atoms with Crippen molar-refractivity contribution >= 4 is 5.91 Å². The van der Waals surface area contributed by atoms with Crippen LogP contribution >= 0.6 is 0 Å². The summed E-state index contributed by atoms with van der Waals surface area (Å²) < 4.78 is 5.56. The standard InChI is InChI=1S/C14H26N2O2/c1-3-11-4-5-13(10(11)2)16-14(17)8-12-9-15-6-7-18-12/h10-13,15H,3-9H2,1-2H3,(H,16,17). The third-order valence-corrected chi connectivity index (χ3v) is 4.51. The zero-order chi connectivity index (χ0) is 13.0. The fraction of sp³-hybridized carbons (Fsp3) is 0.929. The largest absolute Gasteiger partial charge is 0.375 e. The van der Waals surface area contributed by atoms with Crippen LogP contribution in [0.15, 0.2) is 0 Å². The van der Waals surface area contributed by atoms with E-state index in [1.54, 1.807) is 0 Å². The van der Waals surface area contributed by atoms with Crippen LogP contribution in [0.2, 0.25) is 0 Å². The number of morpholine rings is 1. The van der Waals surface area contributed by atoms with Crippen molar-refractivity contribution in [2.45, 2.75) is 51.7 Å². The quantitative estimate of drug-likeness (QED) is 0.795. The molecule has 0 aromatic carbocycles. The number of carbonyl (C=O) groups excluding carboxylic acids is 1. The minimum absolute atomic E-state index is 0.0532. The maximum Gasteiger partial charge on any atom is 0.222 e. The van der Waals surface area contributed by atoms with Gasteiger partial charge in [-0.2, -0.15) is 0 Å². The molecule has 2 rings (SSSR count). The minimum atomic E-state index is 0.0532. The van der Waals surface area contributed by atoms with Crippen molar-refractivity contribution in [3.8, 4) is 0 Å². The Hall–Kier alpha value is -0.610. The van der Waals surface area contributed by atoms with Gasteiger partial charge in [0.2, 0.25) is 5.91 Å². The molecule has 4 nitrogen and oxygen atoms in total. The van der Waals surface area contributed by atoms with Gasteiger partial charge in [0.15, 0.2) is 0 Å². The van der Waals surface area contributed by atoms with Gasteiger partial charge in [-0.25, -0.2) is 0 Å². The van der Waals surface area contributed by atoms with Crippen molar-refractivity contribution < 1.29 is 9.53 Å². The van der Waals surface area contributed by atoms with Gasteiger partial charge in [-0.15, -0.1) is 0 Å². The normalized spacial score (nSPS) is 36.6. The number of amides is 1. The highest BCUT2D eigenvalue weighted by molar-refractivity contribution is 5.76. The highest BCUT2D eigenvalue weighted by Gasteiger charge is 2.32. The van der Waals surface area contributed by atoms with E-state index in [1.807, 2.05) is 0 Å². The number of hydrogen-bond acceptors (Lipinski definition) is 3. The lowest BCUT2D eigenvalue weighted by Gasteiger charge is -2.25. The average molecular weight is 254 g/mol. The molecule has 0 radical (unpaired) electrons. The Balaban J connectivity index is 1.74. The highest BCUT2D eigenvalue weighted by atomic mass is 16.5. The summed E-state index contributed by atoms with van der Waals surface area (Å²) in [6.45, 7) is 6.93. The van der Waals surface area contributed by atoms with Gasteiger partial charge >= 0.3 is 0 Å². The third kappa shape index (κ3) is 3.45. The van der Waals surface area contributed by atoms with Crippen LogP contribution < -0.4 is 10.6 Å². The first-order valence-electron chi connectivity index (χ1n) is 7.32. The molecule has 4 heteroatoms. The van der Waals surface area contributed by atoms with Crippen LogP contribution in [0.25, 0.3) is 0 Å². The Morgan fingerprint density at radius 3 is 2.89 bits per heavy atom. The van der Waals surface area contributed by atoms with Crippen molar-refractivity contribution in [3.63, 3.8) is 0 Å². The second-order valence-corrected chi connectivity index (χ2v) is 5.68. The monoisotopic (exact) mass is 254 g/mol. The number of carbonyl (C=O) groups is 1. The van der Waals surface area contributed by atoms with Gasteiger partial charge < -0.3 is 15.4 Å². The summed E-state index contributed by atoms with van der Waals surface area (Å²) in [5.41, 5.74) is 0. The van der Waals surface area contributed by atoms with Gasteiger partial charge in [-0.05, 0) is 24.7 Å². The fourth-order valence-electron chi connectivity index (χ4n) is 3.25. The summed E-state index contributed by atoms with van der Waals surface area (Å²) in [7, 11) is 0. The molecule has 4 atom stereocenters. The first-order valence-corrected chi connectivity index (χ1v) is 7.32. The summed E-state index contributed by atoms with van der Waals surface area (Å²) in [4.78, 5) is 12.0. The molecule has 0 bridgehead atoms. The van der Waals surface area contributed by atoms with Crippen LogP contribution in [0.1, 0.15) is 39.5 Å². The van der Waals surface area contributed by atoms with Crippen molar-refractivity contribution in [1.29, 1.82) is 0 Å². The molecular formula is C14H26N2O2.